The molecule has 0 amide bonds. The molecule has 0 aliphatic heterocycles. The molecule has 0 radical (unpaired) electrons. The maximum Gasteiger partial charge on any atom is 0.159 e. The van der Waals surface area contributed by atoms with Gasteiger partial charge in [0.15, 0.2) is 11.2 Å². The highest BCUT2D eigenvalue weighted by Crippen LogP contribution is 2.68. The summed E-state index contributed by atoms with van der Waals surface area (Å²) in [6, 6.07) is 94.0. The molecule has 370 valence electrons. The highest BCUT2D eigenvalue weighted by molar-refractivity contribution is 6.24. The van der Waals surface area contributed by atoms with Gasteiger partial charge in [0.05, 0.1) is 22.5 Å². The standard InChI is InChI=1S/C75H48N2O2/c1-45-21-17-33-57-59-35-19-39-65(73(59)78-71(45)57)76(47-23-5-3-6-24-47)49-41-42-56-61(43-49)50-27-9-11-31-54(50)68-62-44-67(77(48-25-7-4-8-26-48)66-40-20-36-60-58-34-18-22-46(2)72(58)79-74(60)66)53-30-10-12-32-55(53)69(62)75(70(56)68)63-37-15-13-28-51(63)52-29-14-16-38-64(52)75/h3-44H,1-2H3. The zero-order chi connectivity index (χ0) is 52.1. The van der Waals surface area contributed by atoms with Crippen molar-refractivity contribution in [2.45, 2.75) is 19.3 Å². The van der Waals surface area contributed by atoms with Crippen LogP contribution in [0.5, 0.6) is 0 Å². The van der Waals surface area contributed by atoms with Gasteiger partial charge < -0.3 is 18.6 Å². The maximum atomic E-state index is 7.03. The largest absolute Gasteiger partial charge is 0.454 e. The molecule has 2 heterocycles. The second kappa shape index (κ2) is 16.4. The Labute approximate surface area is 456 Å². The first-order valence-electron chi connectivity index (χ1n) is 27.3. The van der Waals surface area contributed by atoms with E-state index < -0.39 is 5.41 Å². The number of furan rings is 2. The fourth-order valence-corrected chi connectivity index (χ4v) is 14.3. The van der Waals surface area contributed by atoms with Crippen LogP contribution in [0.3, 0.4) is 0 Å². The van der Waals surface area contributed by atoms with Crippen molar-refractivity contribution in [3.63, 3.8) is 0 Å². The number of fused-ring (bicyclic) bond motifs is 23. The zero-order valence-electron chi connectivity index (χ0n) is 43.5. The minimum Gasteiger partial charge on any atom is -0.454 e. The molecule has 4 nitrogen and oxygen atoms in total. The van der Waals surface area contributed by atoms with Gasteiger partial charge in [-0.25, -0.2) is 0 Å². The van der Waals surface area contributed by atoms with Crippen LogP contribution in [0.1, 0.15) is 33.4 Å². The molecule has 15 aromatic rings. The summed E-state index contributed by atoms with van der Waals surface area (Å²) in [6.45, 7) is 4.27. The predicted molar refractivity (Wildman–Crippen MR) is 329 cm³/mol. The molecule has 2 aliphatic rings. The number of para-hydroxylation sites is 6. The molecule has 17 rings (SSSR count). The number of hydrogen-bond donors (Lipinski definition) is 0. The maximum absolute atomic E-state index is 7.03. The van der Waals surface area contributed by atoms with Gasteiger partial charge in [0.1, 0.15) is 11.2 Å². The van der Waals surface area contributed by atoms with Gasteiger partial charge in [0.2, 0.25) is 0 Å². The molecule has 0 N–H and O–H groups in total. The molecule has 2 aromatic heterocycles. The predicted octanol–water partition coefficient (Wildman–Crippen LogP) is 20.8. The molecular weight excluding hydrogens is 961 g/mol. The second-order valence-corrected chi connectivity index (χ2v) is 21.5. The summed E-state index contributed by atoms with van der Waals surface area (Å²) in [5.74, 6) is 0. The highest BCUT2D eigenvalue weighted by Gasteiger charge is 2.54. The minimum absolute atomic E-state index is 0.690. The minimum atomic E-state index is -0.690. The monoisotopic (exact) mass is 1010 g/mol. The number of anilines is 6. The lowest BCUT2D eigenvalue weighted by molar-refractivity contribution is 0.665. The van der Waals surface area contributed by atoms with Crippen molar-refractivity contribution in [1.82, 2.24) is 0 Å². The van der Waals surface area contributed by atoms with Crippen molar-refractivity contribution in [1.29, 1.82) is 0 Å². The Kier molecular flexibility index (Phi) is 9.15. The van der Waals surface area contributed by atoms with Gasteiger partial charge in [0, 0.05) is 44.0 Å². The fraction of sp³-hybridized carbons (Fsp3) is 0.0400. The summed E-state index contributed by atoms with van der Waals surface area (Å²) in [4.78, 5) is 4.83. The molecule has 4 heteroatoms. The summed E-state index contributed by atoms with van der Waals surface area (Å²) < 4.78 is 14.0. The third-order valence-corrected chi connectivity index (χ3v) is 17.4. The summed E-state index contributed by atoms with van der Waals surface area (Å²) in [6.07, 6.45) is 0. The summed E-state index contributed by atoms with van der Waals surface area (Å²) in [5, 5.41) is 11.6. The van der Waals surface area contributed by atoms with Crippen molar-refractivity contribution >= 4 is 110 Å². The Morgan fingerprint density at radius 2 is 0.734 bits per heavy atom. The molecule has 0 fully saturated rings. The van der Waals surface area contributed by atoms with Crippen molar-refractivity contribution < 1.29 is 8.83 Å². The van der Waals surface area contributed by atoms with Gasteiger partial charge in [-0.1, -0.05) is 200 Å². The van der Waals surface area contributed by atoms with Crippen LogP contribution in [0.4, 0.5) is 34.1 Å². The zero-order valence-corrected chi connectivity index (χ0v) is 43.5. The molecule has 0 atom stereocenters. The third-order valence-electron chi connectivity index (χ3n) is 17.4. The van der Waals surface area contributed by atoms with Crippen molar-refractivity contribution in [2.75, 3.05) is 9.80 Å². The SMILES string of the molecule is Cc1cccc2c1oc1c(N(c3ccccc3)c3ccc4c5c(c6ccccc6c4c3)-c3cc(N(c4ccccc4)c4cccc6c4oc4c(C)cccc46)c4ccccc4c3C53c4ccccc4-c4ccccc43)cccc12. The summed E-state index contributed by atoms with van der Waals surface area (Å²) >= 11 is 0. The Morgan fingerprint density at radius 1 is 0.278 bits per heavy atom. The number of hydrogen-bond acceptors (Lipinski definition) is 4. The van der Waals surface area contributed by atoms with Crippen LogP contribution < -0.4 is 9.80 Å². The molecule has 1 spiro atoms. The number of aryl methyl sites for hydroxylation is 2. The van der Waals surface area contributed by atoms with Crippen LogP contribution in [-0.2, 0) is 5.41 Å². The number of benzene rings is 13. The van der Waals surface area contributed by atoms with Crippen molar-refractivity contribution in [3.05, 3.63) is 288 Å². The van der Waals surface area contributed by atoms with Crippen molar-refractivity contribution in [3.8, 4) is 22.3 Å². The van der Waals surface area contributed by atoms with Gasteiger partial charge >= 0.3 is 0 Å². The van der Waals surface area contributed by atoms with Crippen LogP contribution in [0.25, 0.3) is 98.4 Å². The number of nitrogens with zero attached hydrogens (tertiary/aromatic N) is 2. The van der Waals surface area contributed by atoms with Gasteiger partial charge in [-0.2, -0.15) is 0 Å². The molecule has 0 saturated carbocycles. The van der Waals surface area contributed by atoms with E-state index >= 15 is 0 Å². The summed E-state index contributed by atoms with van der Waals surface area (Å²) in [5.41, 5.74) is 21.6. The fourth-order valence-electron chi connectivity index (χ4n) is 14.3. The molecule has 0 saturated heterocycles. The average molecular weight is 1010 g/mol. The molecule has 2 aliphatic carbocycles. The van der Waals surface area contributed by atoms with E-state index in [1.807, 2.05) is 0 Å². The summed E-state index contributed by atoms with van der Waals surface area (Å²) in [7, 11) is 0. The highest BCUT2D eigenvalue weighted by atomic mass is 16.3. The van der Waals surface area contributed by atoms with E-state index in [1.165, 1.54) is 71.4 Å². The Bertz CT molecular complexity index is 5020. The van der Waals surface area contributed by atoms with Crippen molar-refractivity contribution in [2.24, 2.45) is 0 Å². The average Bonchev–Trinajstić information content (AvgIpc) is 3.22. The molecule has 79 heavy (non-hydrogen) atoms. The van der Waals surface area contributed by atoms with Gasteiger partial charge in [0.25, 0.3) is 0 Å². The van der Waals surface area contributed by atoms with Crippen LogP contribution in [0.2, 0.25) is 0 Å². The molecular formula is C75H48N2O2. The third kappa shape index (κ3) is 5.92. The molecule has 0 bridgehead atoms. The lowest BCUT2D eigenvalue weighted by Gasteiger charge is -2.34. The van der Waals surface area contributed by atoms with Crippen LogP contribution in [0, 0.1) is 13.8 Å². The lowest BCUT2D eigenvalue weighted by atomic mass is 9.68. The van der Waals surface area contributed by atoms with E-state index in [-0.39, 0.29) is 0 Å². The quantitative estimate of drug-likeness (QED) is 0.155. The molecule has 13 aromatic carbocycles. The Hall–Kier alpha value is -10.2. The van der Waals surface area contributed by atoms with Crippen LogP contribution in [-0.4, -0.2) is 0 Å². The second-order valence-electron chi connectivity index (χ2n) is 21.5. The molecule has 0 unspecified atom stereocenters. The van der Waals surface area contributed by atoms with Crippen LogP contribution >= 0.6 is 0 Å². The van der Waals surface area contributed by atoms with E-state index in [2.05, 4.69) is 278 Å². The van der Waals surface area contributed by atoms with Gasteiger partial charge in [-0.3, -0.25) is 0 Å². The van der Waals surface area contributed by atoms with Gasteiger partial charge in [-0.05, 0) is 151 Å². The lowest BCUT2D eigenvalue weighted by Crippen LogP contribution is -2.26. The van der Waals surface area contributed by atoms with Crippen LogP contribution in [0.15, 0.2) is 264 Å². The normalized spacial score (nSPS) is 13.0. The smallest absolute Gasteiger partial charge is 0.159 e. The first kappa shape index (κ1) is 44.0. The number of rotatable bonds is 6. The van der Waals surface area contributed by atoms with E-state index in [0.29, 0.717) is 0 Å². The van der Waals surface area contributed by atoms with E-state index in [4.69, 9.17) is 8.83 Å². The Balaban J connectivity index is 1.00. The Morgan fingerprint density at radius 3 is 1.34 bits per heavy atom. The first-order chi connectivity index (χ1) is 39.1. The first-order valence-corrected chi connectivity index (χ1v) is 27.3. The van der Waals surface area contributed by atoms with E-state index in [1.54, 1.807) is 0 Å². The van der Waals surface area contributed by atoms with E-state index in [9.17, 15) is 0 Å². The topological polar surface area (TPSA) is 32.8 Å². The van der Waals surface area contributed by atoms with E-state index in [0.717, 1.165) is 94.5 Å². The van der Waals surface area contributed by atoms with Gasteiger partial charge in [-0.15, -0.1) is 0 Å².